The molecule has 0 bridgehead atoms. The second kappa shape index (κ2) is 8.53. The lowest BCUT2D eigenvalue weighted by molar-refractivity contribution is 0.0288. The average Bonchev–Trinajstić information content (AvgIpc) is 2.67. The molecule has 0 saturated carbocycles. The van der Waals surface area contributed by atoms with Crippen LogP contribution in [0.3, 0.4) is 0 Å². The van der Waals surface area contributed by atoms with Gasteiger partial charge in [-0.1, -0.05) is 54.9 Å². The Hall–Kier alpha value is -1.39. The second-order valence-corrected chi connectivity index (χ2v) is 7.82. The summed E-state index contributed by atoms with van der Waals surface area (Å²) in [6.07, 6.45) is 0.749. The summed E-state index contributed by atoms with van der Waals surface area (Å²) < 4.78 is 0. The van der Waals surface area contributed by atoms with Crippen LogP contribution in [0.4, 0.5) is 0 Å². The van der Waals surface area contributed by atoms with Crippen molar-refractivity contribution in [3.63, 3.8) is 0 Å². The first kappa shape index (κ1) is 19.4. The van der Waals surface area contributed by atoms with Gasteiger partial charge in [-0.25, -0.2) is 0 Å². The van der Waals surface area contributed by atoms with Crippen LogP contribution in [0.25, 0.3) is 11.1 Å². The maximum atomic E-state index is 11.0. The maximum Gasteiger partial charge on any atom is 0.0880 e. The number of nitrogens with zero attached hydrogens (tertiary/aromatic N) is 2. The van der Waals surface area contributed by atoms with Gasteiger partial charge >= 0.3 is 0 Å². The Morgan fingerprint density at radius 2 is 1.38 bits per heavy atom. The molecule has 1 aliphatic rings. The average molecular weight is 373 g/mol. The van der Waals surface area contributed by atoms with Gasteiger partial charge in [0.1, 0.15) is 0 Å². The van der Waals surface area contributed by atoms with E-state index in [0.717, 1.165) is 67.4 Å². The number of halogens is 1. The third kappa shape index (κ3) is 4.86. The Bertz CT molecular complexity index is 689. The molecule has 1 aliphatic heterocycles. The van der Waals surface area contributed by atoms with Gasteiger partial charge in [0.25, 0.3) is 0 Å². The molecule has 4 heteroatoms. The van der Waals surface area contributed by atoms with Crippen molar-refractivity contribution >= 4 is 11.6 Å². The van der Waals surface area contributed by atoms with E-state index in [1.807, 2.05) is 43.3 Å². The monoisotopic (exact) mass is 372 g/mol. The second-order valence-electron chi connectivity index (χ2n) is 7.38. The first-order chi connectivity index (χ1) is 12.5. The van der Waals surface area contributed by atoms with Crippen molar-refractivity contribution in [1.82, 2.24) is 9.80 Å². The highest BCUT2D eigenvalue weighted by Crippen LogP contribution is 2.28. The summed E-state index contributed by atoms with van der Waals surface area (Å²) >= 11 is 5.96. The van der Waals surface area contributed by atoms with Crippen LogP contribution in [0.5, 0.6) is 0 Å². The van der Waals surface area contributed by atoms with E-state index >= 15 is 0 Å². The molecule has 1 heterocycles. The fourth-order valence-electron chi connectivity index (χ4n) is 3.51. The minimum Gasteiger partial charge on any atom is -0.385 e. The van der Waals surface area contributed by atoms with E-state index in [2.05, 4.69) is 28.9 Å². The fourth-order valence-corrected chi connectivity index (χ4v) is 3.64. The van der Waals surface area contributed by atoms with Gasteiger partial charge < -0.3 is 14.9 Å². The van der Waals surface area contributed by atoms with Crippen molar-refractivity contribution in [2.45, 2.75) is 25.9 Å². The van der Waals surface area contributed by atoms with Crippen molar-refractivity contribution in [3.8, 4) is 11.1 Å². The zero-order valence-corrected chi connectivity index (χ0v) is 16.5. The molecule has 1 saturated heterocycles. The van der Waals surface area contributed by atoms with Crippen LogP contribution in [0.1, 0.15) is 25.8 Å². The molecule has 0 spiro atoms. The van der Waals surface area contributed by atoms with E-state index < -0.39 is 5.60 Å². The predicted octanol–water partition coefficient (Wildman–Crippen LogP) is 4.24. The molecular formula is C22H29ClN2O. The third-order valence-electron chi connectivity index (χ3n) is 5.51. The molecule has 0 aromatic heterocycles. The molecule has 1 fully saturated rings. The number of aliphatic hydroxyl groups is 1. The molecule has 1 atom stereocenters. The first-order valence-electron chi connectivity index (χ1n) is 9.51. The molecule has 2 aromatic carbocycles. The number of hydrogen-bond acceptors (Lipinski definition) is 3. The molecule has 140 valence electrons. The van der Waals surface area contributed by atoms with Crippen molar-refractivity contribution in [3.05, 3.63) is 59.1 Å². The SMILES string of the molecule is CCN1CCN(CCC(C)(O)c2ccc(-c3ccc(Cl)cc3)cc2)CC1. The maximum absolute atomic E-state index is 11.0. The Balaban J connectivity index is 1.59. The molecule has 1 unspecified atom stereocenters. The molecule has 3 nitrogen and oxygen atoms in total. The van der Waals surface area contributed by atoms with Gasteiger partial charge in [0, 0.05) is 37.7 Å². The van der Waals surface area contributed by atoms with Crippen LogP contribution < -0.4 is 0 Å². The van der Waals surface area contributed by atoms with Crippen molar-refractivity contribution in [1.29, 1.82) is 0 Å². The summed E-state index contributed by atoms with van der Waals surface area (Å²) in [5.74, 6) is 0. The molecule has 0 amide bonds. The summed E-state index contributed by atoms with van der Waals surface area (Å²) in [5.41, 5.74) is 2.44. The van der Waals surface area contributed by atoms with E-state index in [1.165, 1.54) is 0 Å². The normalized spacial score (nSPS) is 18.6. The highest BCUT2D eigenvalue weighted by Gasteiger charge is 2.25. The number of piperazine rings is 1. The molecule has 2 aromatic rings. The summed E-state index contributed by atoms with van der Waals surface area (Å²) in [6, 6.07) is 16.1. The quantitative estimate of drug-likeness (QED) is 0.821. The van der Waals surface area contributed by atoms with Crippen LogP contribution >= 0.6 is 11.6 Å². The van der Waals surface area contributed by atoms with E-state index in [4.69, 9.17) is 11.6 Å². The smallest absolute Gasteiger partial charge is 0.0880 e. The minimum absolute atomic E-state index is 0.744. The highest BCUT2D eigenvalue weighted by atomic mass is 35.5. The topological polar surface area (TPSA) is 26.7 Å². The fraction of sp³-hybridized carbons (Fsp3) is 0.455. The molecule has 26 heavy (non-hydrogen) atoms. The van der Waals surface area contributed by atoms with Gasteiger partial charge in [0.2, 0.25) is 0 Å². The standard InChI is InChI=1S/C22H29ClN2O/c1-3-24-14-16-25(17-15-24)13-12-22(2,26)20-8-4-18(5-9-20)19-6-10-21(23)11-7-19/h4-11,26H,3,12-17H2,1-2H3. The minimum atomic E-state index is -0.805. The van der Waals surface area contributed by atoms with Crippen LogP contribution in [0.2, 0.25) is 5.02 Å². The van der Waals surface area contributed by atoms with Crippen molar-refractivity contribution in [2.75, 3.05) is 39.3 Å². The Labute approximate surface area is 162 Å². The van der Waals surface area contributed by atoms with Gasteiger partial charge in [0.05, 0.1) is 5.60 Å². The van der Waals surface area contributed by atoms with Crippen LogP contribution in [-0.2, 0) is 5.60 Å². The Morgan fingerprint density at radius 1 is 0.885 bits per heavy atom. The number of hydrogen-bond donors (Lipinski definition) is 1. The summed E-state index contributed by atoms with van der Waals surface area (Å²) in [5, 5.41) is 11.7. The van der Waals surface area contributed by atoms with E-state index in [1.54, 1.807) is 0 Å². The lowest BCUT2D eigenvalue weighted by Crippen LogP contribution is -2.47. The highest BCUT2D eigenvalue weighted by molar-refractivity contribution is 6.30. The van der Waals surface area contributed by atoms with Crippen LogP contribution in [0.15, 0.2) is 48.5 Å². The number of benzene rings is 2. The van der Waals surface area contributed by atoms with Gasteiger partial charge in [-0.2, -0.15) is 0 Å². The van der Waals surface area contributed by atoms with Gasteiger partial charge in [-0.15, -0.1) is 0 Å². The Morgan fingerprint density at radius 3 is 1.92 bits per heavy atom. The number of likely N-dealkylation sites (N-methyl/N-ethyl adjacent to an activating group) is 1. The van der Waals surface area contributed by atoms with Crippen molar-refractivity contribution < 1.29 is 5.11 Å². The molecule has 0 aliphatic carbocycles. The molecular weight excluding hydrogens is 344 g/mol. The first-order valence-corrected chi connectivity index (χ1v) is 9.89. The summed E-state index contributed by atoms with van der Waals surface area (Å²) in [6.45, 7) is 10.7. The third-order valence-corrected chi connectivity index (χ3v) is 5.76. The van der Waals surface area contributed by atoms with Gasteiger partial charge in [-0.05, 0) is 48.7 Å². The van der Waals surface area contributed by atoms with Crippen molar-refractivity contribution in [2.24, 2.45) is 0 Å². The van der Waals surface area contributed by atoms with E-state index in [-0.39, 0.29) is 0 Å². The van der Waals surface area contributed by atoms with Gasteiger partial charge in [-0.3, -0.25) is 0 Å². The lowest BCUT2D eigenvalue weighted by atomic mass is 9.90. The Kier molecular flexibility index (Phi) is 6.36. The molecule has 3 rings (SSSR count). The van der Waals surface area contributed by atoms with Crippen LogP contribution in [-0.4, -0.2) is 54.2 Å². The summed E-state index contributed by atoms with van der Waals surface area (Å²) in [4.78, 5) is 4.94. The predicted molar refractivity (Wildman–Crippen MR) is 110 cm³/mol. The summed E-state index contributed by atoms with van der Waals surface area (Å²) in [7, 11) is 0. The van der Waals surface area contributed by atoms with E-state index in [9.17, 15) is 5.11 Å². The molecule has 0 radical (unpaired) electrons. The largest absolute Gasteiger partial charge is 0.385 e. The van der Waals surface area contributed by atoms with Crippen LogP contribution in [0, 0.1) is 0 Å². The molecule has 1 N–H and O–H groups in total. The zero-order chi connectivity index (χ0) is 18.6. The number of rotatable bonds is 6. The van der Waals surface area contributed by atoms with E-state index in [0.29, 0.717) is 0 Å². The van der Waals surface area contributed by atoms with Gasteiger partial charge in [0.15, 0.2) is 0 Å². The lowest BCUT2D eigenvalue weighted by Gasteiger charge is -2.35. The zero-order valence-electron chi connectivity index (χ0n) is 15.8.